The number of hydrogen-bond acceptors (Lipinski definition) is 4. The standard InChI is InChI=1S/C14H19F3N4O/c15-14(16,17)11-2-1-10(7-20-11)8-21-12(22)13(9-18)3-5-19-6-4-13/h1-2,7,19H,3-6,8-9,18H2,(H,21,22). The van der Waals surface area contributed by atoms with E-state index >= 15 is 0 Å². The van der Waals surface area contributed by atoms with Crippen molar-refractivity contribution in [2.24, 2.45) is 11.1 Å². The van der Waals surface area contributed by atoms with Crippen molar-refractivity contribution in [2.45, 2.75) is 25.6 Å². The molecule has 1 aromatic heterocycles. The monoisotopic (exact) mass is 316 g/mol. The number of hydrogen-bond donors (Lipinski definition) is 3. The van der Waals surface area contributed by atoms with Crippen molar-refractivity contribution in [2.75, 3.05) is 19.6 Å². The predicted octanol–water partition coefficient (Wildman–Crippen LogP) is 1.05. The van der Waals surface area contributed by atoms with Crippen LogP contribution in [0.5, 0.6) is 0 Å². The molecule has 5 nitrogen and oxygen atoms in total. The van der Waals surface area contributed by atoms with Crippen LogP contribution in [-0.2, 0) is 17.5 Å². The molecule has 1 aromatic rings. The molecule has 2 heterocycles. The zero-order valence-corrected chi connectivity index (χ0v) is 12.0. The van der Waals surface area contributed by atoms with E-state index in [2.05, 4.69) is 15.6 Å². The number of nitrogens with zero attached hydrogens (tertiary/aromatic N) is 1. The van der Waals surface area contributed by atoms with Crippen LogP contribution in [-0.4, -0.2) is 30.5 Å². The lowest BCUT2D eigenvalue weighted by atomic mass is 9.78. The van der Waals surface area contributed by atoms with Gasteiger partial charge in [-0.25, -0.2) is 0 Å². The number of pyridine rings is 1. The summed E-state index contributed by atoms with van der Waals surface area (Å²) in [6, 6.07) is 2.22. The fourth-order valence-corrected chi connectivity index (χ4v) is 2.50. The minimum atomic E-state index is -4.46. The highest BCUT2D eigenvalue weighted by Gasteiger charge is 2.38. The molecule has 0 bridgehead atoms. The van der Waals surface area contributed by atoms with Crippen molar-refractivity contribution in [3.8, 4) is 0 Å². The molecule has 0 unspecified atom stereocenters. The van der Waals surface area contributed by atoms with Gasteiger partial charge in [0.25, 0.3) is 0 Å². The smallest absolute Gasteiger partial charge is 0.351 e. The minimum absolute atomic E-state index is 0.138. The van der Waals surface area contributed by atoms with Gasteiger partial charge in [-0.1, -0.05) is 6.07 Å². The Labute approximate surface area is 126 Å². The highest BCUT2D eigenvalue weighted by Crippen LogP contribution is 2.28. The van der Waals surface area contributed by atoms with Crippen molar-refractivity contribution < 1.29 is 18.0 Å². The Morgan fingerprint density at radius 1 is 1.36 bits per heavy atom. The summed E-state index contributed by atoms with van der Waals surface area (Å²) in [6.45, 7) is 1.85. The van der Waals surface area contributed by atoms with Gasteiger partial charge in [-0.05, 0) is 37.6 Å². The van der Waals surface area contributed by atoms with E-state index < -0.39 is 17.3 Å². The van der Waals surface area contributed by atoms with Crippen molar-refractivity contribution in [1.29, 1.82) is 0 Å². The van der Waals surface area contributed by atoms with Crippen molar-refractivity contribution in [3.05, 3.63) is 29.6 Å². The van der Waals surface area contributed by atoms with Gasteiger partial charge in [-0.3, -0.25) is 9.78 Å². The number of amides is 1. The number of piperidine rings is 1. The van der Waals surface area contributed by atoms with Gasteiger partial charge in [0.15, 0.2) is 0 Å². The average molecular weight is 316 g/mol. The molecule has 1 fully saturated rings. The Morgan fingerprint density at radius 3 is 2.55 bits per heavy atom. The number of nitrogens with one attached hydrogen (secondary N) is 2. The zero-order chi connectivity index (χ0) is 16.2. The Hall–Kier alpha value is -1.67. The van der Waals surface area contributed by atoms with E-state index in [1.165, 1.54) is 6.07 Å². The van der Waals surface area contributed by atoms with Crippen LogP contribution in [0.25, 0.3) is 0 Å². The molecular formula is C14H19F3N4O. The Morgan fingerprint density at radius 2 is 2.05 bits per heavy atom. The predicted molar refractivity (Wildman–Crippen MR) is 74.7 cm³/mol. The summed E-state index contributed by atoms with van der Waals surface area (Å²) in [4.78, 5) is 15.7. The molecule has 1 aliphatic heterocycles. The molecule has 0 aliphatic carbocycles. The van der Waals surface area contributed by atoms with E-state index in [1.54, 1.807) is 0 Å². The van der Waals surface area contributed by atoms with Crippen LogP contribution in [0.3, 0.4) is 0 Å². The molecule has 0 radical (unpaired) electrons. The zero-order valence-electron chi connectivity index (χ0n) is 12.0. The molecule has 1 amide bonds. The minimum Gasteiger partial charge on any atom is -0.351 e. The Bertz CT molecular complexity index is 510. The largest absolute Gasteiger partial charge is 0.433 e. The molecule has 122 valence electrons. The van der Waals surface area contributed by atoms with Gasteiger partial charge in [-0.15, -0.1) is 0 Å². The highest BCUT2D eigenvalue weighted by molar-refractivity contribution is 5.83. The lowest BCUT2D eigenvalue weighted by Crippen LogP contribution is -2.51. The summed E-state index contributed by atoms with van der Waals surface area (Å²) in [5.74, 6) is -0.156. The van der Waals surface area contributed by atoms with Crippen LogP contribution >= 0.6 is 0 Å². The summed E-state index contributed by atoms with van der Waals surface area (Å²) >= 11 is 0. The lowest BCUT2D eigenvalue weighted by molar-refractivity contribution is -0.141. The Balaban J connectivity index is 1.96. The van der Waals surface area contributed by atoms with Crippen LogP contribution in [0.15, 0.2) is 18.3 Å². The summed E-state index contributed by atoms with van der Waals surface area (Å²) in [5, 5.41) is 5.92. The molecule has 22 heavy (non-hydrogen) atoms. The SMILES string of the molecule is NCC1(C(=O)NCc2ccc(C(F)(F)F)nc2)CCNCC1. The second-order valence-electron chi connectivity index (χ2n) is 5.47. The molecular weight excluding hydrogens is 297 g/mol. The maximum Gasteiger partial charge on any atom is 0.433 e. The van der Waals surface area contributed by atoms with Crippen molar-refractivity contribution in [3.63, 3.8) is 0 Å². The number of alkyl halides is 3. The quantitative estimate of drug-likeness (QED) is 0.775. The van der Waals surface area contributed by atoms with E-state index in [-0.39, 0.29) is 19.0 Å². The molecule has 1 saturated heterocycles. The molecule has 0 atom stereocenters. The van der Waals surface area contributed by atoms with E-state index in [0.29, 0.717) is 18.4 Å². The van der Waals surface area contributed by atoms with E-state index in [9.17, 15) is 18.0 Å². The van der Waals surface area contributed by atoms with Crippen molar-refractivity contribution in [1.82, 2.24) is 15.6 Å². The molecule has 0 saturated carbocycles. The van der Waals surface area contributed by atoms with Crippen LogP contribution in [0.1, 0.15) is 24.1 Å². The van der Waals surface area contributed by atoms with E-state index in [0.717, 1.165) is 25.4 Å². The average Bonchev–Trinajstić information content (AvgIpc) is 2.52. The Kier molecular flexibility index (Phi) is 5.02. The number of halogens is 3. The second-order valence-corrected chi connectivity index (χ2v) is 5.47. The maximum atomic E-state index is 12.4. The summed E-state index contributed by atoms with van der Waals surface area (Å²) in [6.07, 6.45) is -2.03. The second kappa shape index (κ2) is 6.62. The van der Waals surface area contributed by atoms with Crippen LogP contribution in [0.2, 0.25) is 0 Å². The van der Waals surface area contributed by atoms with Crippen LogP contribution < -0.4 is 16.4 Å². The number of aromatic nitrogens is 1. The third kappa shape index (κ3) is 3.75. The number of rotatable bonds is 4. The van der Waals surface area contributed by atoms with Gasteiger partial charge in [0.05, 0.1) is 5.41 Å². The van der Waals surface area contributed by atoms with E-state index in [1.807, 2.05) is 0 Å². The lowest BCUT2D eigenvalue weighted by Gasteiger charge is -2.35. The van der Waals surface area contributed by atoms with Gasteiger partial charge >= 0.3 is 6.18 Å². The first-order valence-corrected chi connectivity index (χ1v) is 7.09. The molecule has 8 heteroatoms. The normalized spacial score (nSPS) is 18.0. The topological polar surface area (TPSA) is 80.0 Å². The first kappa shape index (κ1) is 16.7. The third-order valence-corrected chi connectivity index (χ3v) is 4.00. The number of carbonyl (C=O) groups is 1. The molecule has 2 rings (SSSR count). The fraction of sp³-hybridized carbons (Fsp3) is 0.571. The third-order valence-electron chi connectivity index (χ3n) is 4.00. The highest BCUT2D eigenvalue weighted by atomic mass is 19.4. The van der Waals surface area contributed by atoms with Gasteiger partial charge in [0.1, 0.15) is 5.69 Å². The van der Waals surface area contributed by atoms with Crippen molar-refractivity contribution >= 4 is 5.91 Å². The first-order chi connectivity index (χ1) is 10.4. The molecule has 0 spiro atoms. The van der Waals surface area contributed by atoms with Gasteiger partial charge < -0.3 is 16.4 Å². The molecule has 4 N–H and O–H groups in total. The molecule has 0 aromatic carbocycles. The van der Waals surface area contributed by atoms with Gasteiger partial charge in [0.2, 0.25) is 5.91 Å². The molecule has 1 aliphatic rings. The van der Waals surface area contributed by atoms with Crippen LogP contribution in [0, 0.1) is 5.41 Å². The fourth-order valence-electron chi connectivity index (χ4n) is 2.50. The summed E-state index contributed by atoms with van der Waals surface area (Å²) < 4.78 is 37.3. The number of carbonyl (C=O) groups excluding carboxylic acids is 1. The maximum absolute atomic E-state index is 12.4. The van der Waals surface area contributed by atoms with E-state index in [4.69, 9.17) is 5.73 Å². The first-order valence-electron chi connectivity index (χ1n) is 7.09. The number of nitrogens with two attached hydrogens (primary N) is 1. The van der Waals surface area contributed by atoms with Gasteiger partial charge in [0, 0.05) is 19.3 Å². The summed E-state index contributed by atoms with van der Waals surface area (Å²) in [5.41, 5.74) is 4.73. The van der Waals surface area contributed by atoms with Gasteiger partial charge in [-0.2, -0.15) is 13.2 Å². The summed E-state index contributed by atoms with van der Waals surface area (Å²) in [7, 11) is 0. The van der Waals surface area contributed by atoms with Crippen LogP contribution in [0.4, 0.5) is 13.2 Å².